The summed E-state index contributed by atoms with van der Waals surface area (Å²) in [6, 6.07) is 1.33. The first-order chi connectivity index (χ1) is 8.70. The van der Waals surface area contributed by atoms with Crippen molar-refractivity contribution in [2.75, 3.05) is 31.4 Å². The Balaban J connectivity index is 2.84. The summed E-state index contributed by atoms with van der Waals surface area (Å²) in [5.74, 6) is 0. The molecule has 0 N–H and O–H groups in total. The van der Waals surface area contributed by atoms with Crippen LogP contribution in [0.4, 0.5) is 11.4 Å². The standard InChI is InChI=1S/C9H12ClN3O5S/c1-12(3-4-18-19(2,16)17)7-5-9(10)11-6-8(7)13(14)15/h5-6H,3-4H2,1-2H3. The predicted octanol–water partition coefficient (Wildman–Crippen LogP) is 1.06. The molecule has 1 aromatic heterocycles. The predicted molar refractivity (Wildman–Crippen MR) is 70.0 cm³/mol. The second-order valence-electron chi connectivity index (χ2n) is 3.70. The summed E-state index contributed by atoms with van der Waals surface area (Å²) in [7, 11) is -1.98. The zero-order valence-corrected chi connectivity index (χ0v) is 11.8. The van der Waals surface area contributed by atoms with Crippen LogP contribution in [-0.4, -0.2) is 44.8 Å². The van der Waals surface area contributed by atoms with E-state index >= 15 is 0 Å². The van der Waals surface area contributed by atoms with Gasteiger partial charge in [-0.25, -0.2) is 4.98 Å². The second kappa shape index (κ2) is 6.13. The highest BCUT2D eigenvalue weighted by Crippen LogP contribution is 2.28. The smallest absolute Gasteiger partial charge is 0.310 e. The molecule has 1 heterocycles. The van der Waals surface area contributed by atoms with Gasteiger partial charge < -0.3 is 4.90 Å². The van der Waals surface area contributed by atoms with E-state index in [2.05, 4.69) is 9.17 Å². The molecule has 0 aliphatic carbocycles. The molecule has 0 saturated carbocycles. The molecule has 1 rings (SSSR count). The molecule has 1 aromatic rings. The van der Waals surface area contributed by atoms with Crippen molar-refractivity contribution in [3.8, 4) is 0 Å². The van der Waals surface area contributed by atoms with E-state index in [0.29, 0.717) is 0 Å². The van der Waals surface area contributed by atoms with Crippen molar-refractivity contribution in [3.05, 3.63) is 27.5 Å². The van der Waals surface area contributed by atoms with E-state index in [1.165, 1.54) is 11.0 Å². The van der Waals surface area contributed by atoms with Gasteiger partial charge in [-0.1, -0.05) is 11.6 Å². The fourth-order valence-electron chi connectivity index (χ4n) is 1.31. The Morgan fingerprint density at radius 1 is 1.58 bits per heavy atom. The molecule has 0 bridgehead atoms. The average Bonchev–Trinajstić information content (AvgIpc) is 2.26. The summed E-state index contributed by atoms with van der Waals surface area (Å²) in [5, 5.41) is 10.9. The normalized spacial score (nSPS) is 11.3. The third-order valence-electron chi connectivity index (χ3n) is 2.16. The topological polar surface area (TPSA) is 103 Å². The Morgan fingerprint density at radius 2 is 2.21 bits per heavy atom. The SMILES string of the molecule is CN(CCOS(C)(=O)=O)c1cc(Cl)ncc1[N+](=O)[O-]. The van der Waals surface area contributed by atoms with Crippen molar-refractivity contribution in [2.24, 2.45) is 0 Å². The first-order valence-corrected chi connectivity index (χ1v) is 7.25. The van der Waals surface area contributed by atoms with Crippen LogP contribution in [0, 0.1) is 10.1 Å². The first-order valence-electron chi connectivity index (χ1n) is 5.06. The summed E-state index contributed by atoms with van der Waals surface area (Å²) < 4.78 is 26.2. The second-order valence-corrected chi connectivity index (χ2v) is 5.73. The molecule has 0 atom stereocenters. The lowest BCUT2D eigenvalue weighted by molar-refractivity contribution is -0.384. The maximum absolute atomic E-state index is 10.8. The van der Waals surface area contributed by atoms with E-state index < -0.39 is 15.0 Å². The summed E-state index contributed by atoms with van der Waals surface area (Å²) in [5.41, 5.74) is 0.0216. The third-order valence-corrected chi connectivity index (χ3v) is 2.96. The van der Waals surface area contributed by atoms with Gasteiger partial charge in [0.05, 0.1) is 17.8 Å². The number of halogens is 1. The summed E-state index contributed by atoms with van der Waals surface area (Å²) >= 11 is 5.68. The molecule has 8 nitrogen and oxygen atoms in total. The zero-order valence-electron chi connectivity index (χ0n) is 10.2. The minimum atomic E-state index is -3.54. The lowest BCUT2D eigenvalue weighted by atomic mass is 10.3. The van der Waals surface area contributed by atoms with Crippen LogP contribution < -0.4 is 4.90 Å². The highest BCUT2D eigenvalue weighted by Gasteiger charge is 2.18. The zero-order chi connectivity index (χ0) is 14.6. The van der Waals surface area contributed by atoms with Gasteiger partial charge in [0.1, 0.15) is 17.0 Å². The molecule has 0 aliphatic rings. The molecular weight excluding hydrogens is 298 g/mol. The van der Waals surface area contributed by atoms with Crippen LogP contribution in [0.5, 0.6) is 0 Å². The van der Waals surface area contributed by atoms with Gasteiger partial charge in [0, 0.05) is 19.7 Å². The Kier molecular flexibility index (Phi) is 5.04. The molecule has 0 unspecified atom stereocenters. The maximum atomic E-state index is 10.8. The third kappa shape index (κ3) is 4.97. The number of pyridine rings is 1. The van der Waals surface area contributed by atoms with Crippen LogP contribution in [-0.2, 0) is 14.3 Å². The number of likely N-dealkylation sites (N-methyl/N-ethyl adjacent to an activating group) is 1. The first kappa shape index (κ1) is 15.6. The van der Waals surface area contributed by atoms with Crippen LogP contribution in [0.15, 0.2) is 12.3 Å². The fraction of sp³-hybridized carbons (Fsp3) is 0.444. The molecular formula is C9H12ClN3O5S. The summed E-state index contributed by atoms with van der Waals surface area (Å²) in [4.78, 5) is 15.4. The Morgan fingerprint density at radius 3 is 2.74 bits per heavy atom. The molecule has 0 saturated heterocycles. The van der Waals surface area contributed by atoms with Gasteiger partial charge >= 0.3 is 5.69 Å². The molecule has 0 radical (unpaired) electrons. The van der Waals surface area contributed by atoms with Crippen LogP contribution in [0.3, 0.4) is 0 Å². The number of rotatable bonds is 6. The van der Waals surface area contributed by atoms with Gasteiger partial charge in [0.25, 0.3) is 10.1 Å². The van der Waals surface area contributed by atoms with Crippen LogP contribution in [0.25, 0.3) is 0 Å². The molecule has 0 fully saturated rings. The van der Waals surface area contributed by atoms with Crippen molar-refractivity contribution >= 4 is 33.1 Å². The molecule has 10 heteroatoms. The van der Waals surface area contributed by atoms with Gasteiger partial charge in [0.2, 0.25) is 0 Å². The van der Waals surface area contributed by atoms with Gasteiger partial charge in [-0.2, -0.15) is 8.42 Å². The average molecular weight is 310 g/mol. The van der Waals surface area contributed by atoms with E-state index in [9.17, 15) is 18.5 Å². The van der Waals surface area contributed by atoms with Crippen molar-refractivity contribution in [2.45, 2.75) is 0 Å². The number of hydrogen-bond donors (Lipinski definition) is 0. The number of aromatic nitrogens is 1. The molecule has 19 heavy (non-hydrogen) atoms. The van der Waals surface area contributed by atoms with E-state index in [0.717, 1.165) is 12.5 Å². The monoisotopic (exact) mass is 309 g/mol. The highest BCUT2D eigenvalue weighted by atomic mass is 35.5. The highest BCUT2D eigenvalue weighted by molar-refractivity contribution is 7.85. The molecule has 0 spiro atoms. The number of nitrogens with zero attached hydrogens (tertiary/aromatic N) is 3. The largest absolute Gasteiger partial charge is 0.367 e. The van der Waals surface area contributed by atoms with Gasteiger partial charge in [-0.3, -0.25) is 14.3 Å². The Bertz CT molecular complexity index is 577. The van der Waals surface area contributed by atoms with Crippen LogP contribution in [0.2, 0.25) is 5.15 Å². The van der Waals surface area contributed by atoms with Crippen molar-refractivity contribution in [1.82, 2.24) is 4.98 Å². The van der Waals surface area contributed by atoms with Crippen LogP contribution >= 0.6 is 11.6 Å². The van der Waals surface area contributed by atoms with E-state index in [1.54, 1.807) is 7.05 Å². The van der Waals surface area contributed by atoms with Crippen molar-refractivity contribution in [3.63, 3.8) is 0 Å². The lowest BCUT2D eigenvalue weighted by Gasteiger charge is -2.18. The summed E-state index contributed by atoms with van der Waals surface area (Å²) in [6.45, 7) is 0.0285. The number of hydrogen-bond acceptors (Lipinski definition) is 7. The Labute approximate surface area is 115 Å². The minimum absolute atomic E-state index is 0.108. The molecule has 106 valence electrons. The molecule has 0 amide bonds. The summed E-state index contributed by atoms with van der Waals surface area (Å²) in [6.07, 6.45) is 1.98. The van der Waals surface area contributed by atoms with E-state index in [-0.39, 0.29) is 29.7 Å². The number of nitro groups is 1. The van der Waals surface area contributed by atoms with E-state index in [4.69, 9.17) is 11.6 Å². The molecule has 0 aromatic carbocycles. The quantitative estimate of drug-likeness (QED) is 0.335. The molecule has 0 aliphatic heterocycles. The van der Waals surface area contributed by atoms with Gasteiger partial charge in [0.15, 0.2) is 0 Å². The van der Waals surface area contributed by atoms with E-state index in [1.807, 2.05) is 0 Å². The fourth-order valence-corrected chi connectivity index (χ4v) is 1.83. The lowest BCUT2D eigenvalue weighted by Crippen LogP contribution is -2.24. The minimum Gasteiger partial charge on any atom is -0.367 e. The van der Waals surface area contributed by atoms with Crippen LogP contribution in [0.1, 0.15) is 0 Å². The van der Waals surface area contributed by atoms with Gasteiger partial charge in [-0.15, -0.1) is 0 Å². The maximum Gasteiger partial charge on any atom is 0.310 e. The van der Waals surface area contributed by atoms with Crippen molar-refractivity contribution in [1.29, 1.82) is 0 Å². The van der Waals surface area contributed by atoms with Crippen molar-refractivity contribution < 1.29 is 17.5 Å². The van der Waals surface area contributed by atoms with Gasteiger partial charge in [-0.05, 0) is 0 Å². The number of anilines is 1. The Hall–Kier alpha value is -1.45.